The van der Waals surface area contributed by atoms with E-state index in [1.165, 1.54) is 0 Å². The van der Waals surface area contributed by atoms with Crippen LogP contribution in [-0.4, -0.2) is 35.8 Å². The zero-order valence-electron chi connectivity index (χ0n) is 11.5. The topological polar surface area (TPSA) is 59.0 Å². The number of aliphatic hydroxyl groups excluding tert-OH is 1. The van der Waals surface area contributed by atoms with Crippen molar-refractivity contribution in [2.45, 2.75) is 25.9 Å². The van der Waals surface area contributed by atoms with Crippen LogP contribution in [0, 0.1) is 5.92 Å². The predicted octanol–water partition coefficient (Wildman–Crippen LogP) is 1.71. The van der Waals surface area contributed by atoms with Crippen LogP contribution in [-0.2, 0) is 4.79 Å². The Kier molecular flexibility index (Phi) is 3.53. The normalized spacial score (nSPS) is 22.4. The average molecular weight is 277 g/mol. The van der Waals surface area contributed by atoms with E-state index in [4.69, 9.17) is 9.47 Å². The quantitative estimate of drug-likeness (QED) is 0.910. The van der Waals surface area contributed by atoms with Crippen LogP contribution >= 0.6 is 0 Å². The highest BCUT2D eigenvalue weighted by Gasteiger charge is 2.30. The number of nitrogens with zero attached hydrogens (tertiary/aromatic N) is 1. The monoisotopic (exact) mass is 277 g/mol. The number of carbonyl (C=O) groups is 1. The van der Waals surface area contributed by atoms with Gasteiger partial charge in [0.05, 0.1) is 12.6 Å². The maximum atomic E-state index is 11.9. The van der Waals surface area contributed by atoms with E-state index in [1.54, 1.807) is 17.0 Å². The number of hydrogen-bond donors (Lipinski definition) is 1. The molecule has 0 aromatic heterocycles. The van der Waals surface area contributed by atoms with Crippen molar-refractivity contribution in [1.29, 1.82) is 0 Å². The van der Waals surface area contributed by atoms with Crippen LogP contribution < -0.4 is 9.47 Å². The van der Waals surface area contributed by atoms with Gasteiger partial charge in [-0.15, -0.1) is 0 Å². The lowest BCUT2D eigenvalue weighted by atomic mass is 10.1. The van der Waals surface area contributed by atoms with Crippen molar-refractivity contribution in [2.75, 3.05) is 19.9 Å². The van der Waals surface area contributed by atoms with E-state index in [0.29, 0.717) is 30.4 Å². The Morgan fingerprint density at radius 1 is 1.40 bits per heavy atom. The Hall–Kier alpha value is -1.75. The molecule has 0 spiro atoms. The summed E-state index contributed by atoms with van der Waals surface area (Å²) in [5.74, 6) is 1.91. The molecule has 1 aromatic rings. The highest BCUT2D eigenvalue weighted by molar-refractivity contribution is 5.78. The fourth-order valence-corrected chi connectivity index (χ4v) is 2.74. The van der Waals surface area contributed by atoms with Crippen LogP contribution in [0.1, 0.15) is 31.4 Å². The Bertz CT molecular complexity index is 517. The van der Waals surface area contributed by atoms with Crippen LogP contribution in [0.25, 0.3) is 0 Å². The van der Waals surface area contributed by atoms with E-state index >= 15 is 0 Å². The van der Waals surface area contributed by atoms with Gasteiger partial charge < -0.3 is 19.5 Å². The van der Waals surface area contributed by atoms with Gasteiger partial charge in [-0.3, -0.25) is 4.79 Å². The molecule has 108 valence electrons. The predicted molar refractivity (Wildman–Crippen MR) is 72.5 cm³/mol. The van der Waals surface area contributed by atoms with Crippen molar-refractivity contribution in [3.05, 3.63) is 23.8 Å². The lowest BCUT2D eigenvalue weighted by Crippen LogP contribution is -2.30. The van der Waals surface area contributed by atoms with Gasteiger partial charge in [-0.2, -0.15) is 0 Å². The Morgan fingerprint density at radius 2 is 2.20 bits per heavy atom. The molecule has 1 saturated heterocycles. The van der Waals surface area contributed by atoms with E-state index in [2.05, 4.69) is 6.92 Å². The summed E-state index contributed by atoms with van der Waals surface area (Å²) < 4.78 is 10.5. The van der Waals surface area contributed by atoms with E-state index in [1.807, 2.05) is 6.07 Å². The third kappa shape index (κ3) is 2.45. The largest absolute Gasteiger partial charge is 0.454 e. The summed E-state index contributed by atoms with van der Waals surface area (Å²) in [4.78, 5) is 13.6. The molecule has 0 bridgehead atoms. The second-order valence-electron chi connectivity index (χ2n) is 5.41. The van der Waals surface area contributed by atoms with Crippen LogP contribution in [0.4, 0.5) is 0 Å². The molecule has 2 aliphatic heterocycles. The second kappa shape index (κ2) is 5.32. The number of aliphatic hydroxyl groups is 1. The number of β-amino-alcohol motifs (C(OH)–C–C–N with tert-alkyl or cyclic N) is 1. The first kappa shape index (κ1) is 13.2. The van der Waals surface area contributed by atoms with Gasteiger partial charge >= 0.3 is 0 Å². The minimum atomic E-state index is -0.691. The fourth-order valence-electron chi connectivity index (χ4n) is 2.74. The summed E-state index contributed by atoms with van der Waals surface area (Å²) >= 11 is 0. The number of likely N-dealkylation sites (tertiary alicyclic amines) is 1. The van der Waals surface area contributed by atoms with Crippen LogP contribution in [0.3, 0.4) is 0 Å². The molecule has 5 heteroatoms. The van der Waals surface area contributed by atoms with Crippen molar-refractivity contribution in [3.63, 3.8) is 0 Å². The number of amides is 1. The summed E-state index contributed by atoms with van der Waals surface area (Å²) in [5.41, 5.74) is 0.752. The summed E-state index contributed by atoms with van der Waals surface area (Å²) in [5, 5.41) is 10.3. The molecule has 2 aliphatic rings. The highest BCUT2D eigenvalue weighted by atomic mass is 16.7. The number of hydrogen-bond acceptors (Lipinski definition) is 4. The van der Waals surface area contributed by atoms with Gasteiger partial charge in [-0.05, 0) is 23.6 Å². The zero-order valence-corrected chi connectivity index (χ0v) is 11.5. The Labute approximate surface area is 118 Å². The van der Waals surface area contributed by atoms with Gasteiger partial charge in [-0.25, -0.2) is 0 Å². The molecule has 20 heavy (non-hydrogen) atoms. The summed E-state index contributed by atoms with van der Waals surface area (Å²) in [6, 6.07) is 5.39. The van der Waals surface area contributed by atoms with Crippen LogP contribution in [0.5, 0.6) is 11.5 Å². The second-order valence-corrected chi connectivity index (χ2v) is 5.41. The molecular weight excluding hydrogens is 258 g/mol. The average Bonchev–Trinajstić information content (AvgIpc) is 3.04. The first-order valence-corrected chi connectivity index (χ1v) is 7.02. The molecule has 3 rings (SSSR count). The van der Waals surface area contributed by atoms with E-state index in [-0.39, 0.29) is 12.7 Å². The Morgan fingerprint density at radius 3 is 2.95 bits per heavy atom. The van der Waals surface area contributed by atoms with Gasteiger partial charge in [0.15, 0.2) is 11.5 Å². The van der Waals surface area contributed by atoms with Gasteiger partial charge in [0.1, 0.15) is 0 Å². The molecule has 1 fully saturated rings. The molecule has 0 radical (unpaired) electrons. The Balaban J connectivity index is 1.67. The number of ether oxygens (including phenoxy) is 2. The maximum absolute atomic E-state index is 11.9. The molecule has 1 amide bonds. The third-order valence-corrected chi connectivity index (χ3v) is 4.05. The van der Waals surface area contributed by atoms with Crippen molar-refractivity contribution in [2.24, 2.45) is 5.92 Å². The molecular formula is C15H19NO4. The molecule has 0 saturated carbocycles. The first-order chi connectivity index (χ1) is 9.67. The SMILES string of the molecule is CCC1CC(=O)N(CC(O)c2ccc3c(c2)OCO3)C1. The smallest absolute Gasteiger partial charge is 0.231 e. The summed E-state index contributed by atoms with van der Waals surface area (Å²) in [6.45, 7) is 3.40. The van der Waals surface area contributed by atoms with Gasteiger partial charge in [0.25, 0.3) is 0 Å². The van der Waals surface area contributed by atoms with Gasteiger partial charge in [0.2, 0.25) is 12.7 Å². The maximum Gasteiger partial charge on any atom is 0.231 e. The summed E-state index contributed by atoms with van der Waals surface area (Å²) in [6.07, 6.45) is 0.913. The lowest BCUT2D eigenvalue weighted by molar-refractivity contribution is -0.129. The van der Waals surface area contributed by atoms with Crippen molar-refractivity contribution >= 4 is 5.91 Å². The first-order valence-electron chi connectivity index (χ1n) is 7.02. The van der Waals surface area contributed by atoms with Crippen molar-refractivity contribution in [1.82, 2.24) is 4.90 Å². The molecule has 2 unspecified atom stereocenters. The number of fused-ring (bicyclic) bond motifs is 1. The third-order valence-electron chi connectivity index (χ3n) is 4.05. The molecule has 2 heterocycles. The van der Waals surface area contributed by atoms with Crippen molar-refractivity contribution in [3.8, 4) is 11.5 Å². The summed E-state index contributed by atoms with van der Waals surface area (Å²) in [7, 11) is 0. The minimum Gasteiger partial charge on any atom is -0.454 e. The van der Waals surface area contributed by atoms with Crippen molar-refractivity contribution < 1.29 is 19.4 Å². The molecule has 1 N–H and O–H groups in total. The van der Waals surface area contributed by atoms with E-state index < -0.39 is 6.10 Å². The molecule has 2 atom stereocenters. The van der Waals surface area contributed by atoms with Crippen LogP contribution in [0.2, 0.25) is 0 Å². The standard InChI is InChI=1S/C15H19NO4/c1-2-10-5-15(18)16(7-10)8-12(17)11-3-4-13-14(6-11)20-9-19-13/h3-4,6,10,12,17H,2,5,7-9H2,1H3. The zero-order chi connectivity index (χ0) is 14.1. The van der Waals surface area contributed by atoms with E-state index in [9.17, 15) is 9.90 Å². The fraction of sp³-hybridized carbons (Fsp3) is 0.533. The lowest BCUT2D eigenvalue weighted by Gasteiger charge is -2.21. The number of carbonyl (C=O) groups excluding carboxylic acids is 1. The van der Waals surface area contributed by atoms with E-state index in [0.717, 1.165) is 18.5 Å². The minimum absolute atomic E-state index is 0.136. The van der Waals surface area contributed by atoms with Gasteiger partial charge in [0, 0.05) is 13.0 Å². The molecule has 1 aromatic carbocycles. The van der Waals surface area contributed by atoms with Gasteiger partial charge in [-0.1, -0.05) is 19.4 Å². The van der Waals surface area contributed by atoms with Crippen LogP contribution in [0.15, 0.2) is 18.2 Å². The number of rotatable bonds is 4. The number of benzene rings is 1. The highest BCUT2D eigenvalue weighted by Crippen LogP contribution is 2.34. The molecule has 5 nitrogen and oxygen atoms in total. The molecule has 0 aliphatic carbocycles.